The highest BCUT2D eigenvalue weighted by Gasteiger charge is 2.38. The van der Waals surface area contributed by atoms with Crippen molar-refractivity contribution in [2.75, 3.05) is 20.1 Å². The number of hydrogen-bond donors (Lipinski definition) is 0. The van der Waals surface area contributed by atoms with E-state index in [4.69, 9.17) is 0 Å². The second-order valence-corrected chi connectivity index (χ2v) is 7.08. The number of likely N-dealkylation sites (tertiary alicyclic amines) is 2. The van der Waals surface area contributed by atoms with E-state index in [0.717, 1.165) is 37.2 Å². The van der Waals surface area contributed by atoms with E-state index < -0.39 is 0 Å². The number of aromatic nitrogens is 4. The summed E-state index contributed by atoms with van der Waals surface area (Å²) in [5.74, 6) is 0.248. The third-order valence-electron chi connectivity index (χ3n) is 5.55. The summed E-state index contributed by atoms with van der Waals surface area (Å²) in [4.78, 5) is 17.4. The molecule has 7 nitrogen and oxygen atoms in total. The van der Waals surface area contributed by atoms with Crippen molar-refractivity contribution in [2.45, 2.75) is 44.2 Å². The Labute approximate surface area is 147 Å². The molecular weight excluding hydrogens is 316 g/mol. The molecule has 1 amide bonds. The first-order valence-electron chi connectivity index (χ1n) is 9.04. The maximum atomic E-state index is 12.9. The number of hydrogen-bond acceptors (Lipinski definition) is 5. The molecule has 0 radical (unpaired) electrons. The van der Waals surface area contributed by atoms with E-state index in [0.29, 0.717) is 18.5 Å². The summed E-state index contributed by atoms with van der Waals surface area (Å²) < 4.78 is 1.61. The molecule has 2 aliphatic rings. The van der Waals surface area contributed by atoms with E-state index in [2.05, 4.69) is 32.4 Å². The molecule has 0 aliphatic carbocycles. The number of carbonyl (C=O) groups excluding carboxylic acids is 1. The number of benzene rings is 1. The van der Waals surface area contributed by atoms with Crippen molar-refractivity contribution >= 4 is 5.91 Å². The maximum Gasteiger partial charge on any atom is 0.227 e. The van der Waals surface area contributed by atoms with Gasteiger partial charge >= 0.3 is 0 Å². The lowest BCUT2D eigenvalue weighted by Crippen LogP contribution is -2.47. The average Bonchev–Trinajstić information content (AvgIpc) is 3.36. The topological polar surface area (TPSA) is 67.2 Å². The Kier molecular flexibility index (Phi) is 4.48. The zero-order valence-corrected chi connectivity index (χ0v) is 14.6. The summed E-state index contributed by atoms with van der Waals surface area (Å²) in [5.41, 5.74) is 1.93. The van der Waals surface area contributed by atoms with Crippen LogP contribution in [0.5, 0.6) is 0 Å². The summed E-state index contributed by atoms with van der Waals surface area (Å²) in [6.07, 6.45) is 6.75. The molecule has 4 rings (SSSR count). The largest absolute Gasteiger partial charge is 0.338 e. The molecule has 0 N–H and O–H groups in total. The fourth-order valence-corrected chi connectivity index (χ4v) is 4.25. The Morgan fingerprint density at radius 3 is 2.56 bits per heavy atom. The lowest BCUT2D eigenvalue weighted by molar-refractivity contribution is -0.132. The van der Waals surface area contributed by atoms with Crippen molar-refractivity contribution < 1.29 is 4.79 Å². The first-order valence-corrected chi connectivity index (χ1v) is 9.04. The fourth-order valence-electron chi connectivity index (χ4n) is 4.25. The minimum Gasteiger partial charge on any atom is -0.338 e. The van der Waals surface area contributed by atoms with Gasteiger partial charge in [-0.1, -0.05) is 12.1 Å². The molecule has 2 aromatic rings. The third kappa shape index (κ3) is 3.28. The highest BCUT2D eigenvalue weighted by atomic mass is 16.2. The molecule has 2 atom stereocenters. The zero-order valence-electron chi connectivity index (χ0n) is 14.6. The molecule has 7 heteroatoms. The highest BCUT2D eigenvalue weighted by Crippen LogP contribution is 2.29. The van der Waals surface area contributed by atoms with Gasteiger partial charge in [0.15, 0.2) is 0 Å². The van der Waals surface area contributed by atoms with Crippen molar-refractivity contribution in [2.24, 2.45) is 0 Å². The quantitative estimate of drug-likeness (QED) is 0.839. The zero-order chi connectivity index (χ0) is 17.2. The number of tetrazole rings is 1. The Morgan fingerprint density at radius 2 is 1.88 bits per heavy atom. The van der Waals surface area contributed by atoms with Gasteiger partial charge in [-0.15, -0.1) is 5.10 Å². The van der Waals surface area contributed by atoms with Crippen LogP contribution in [0.4, 0.5) is 0 Å². The summed E-state index contributed by atoms with van der Waals surface area (Å²) in [6.45, 7) is 2.05. The van der Waals surface area contributed by atoms with Crippen LogP contribution in [-0.2, 0) is 11.2 Å². The van der Waals surface area contributed by atoms with Gasteiger partial charge in [-0.3, -0.25) is 4.79 Å². The molecule has 1 aromatic carbocycles. The van der Waals surface area contributed by atoms with Gasteiger partial charge in [0.05, 0.1) is 12.1 Å². The summed E-state index contributed by atoms with van der Waals surface area (Å²) in [5, 5.41) is 11.2. The number of amides is 1. The van der Waals surface area contributed by atoms with Gasteiger partial charge in [-0.2, -0.15) is 0 Å². The van der Waals surface area contributed by atoms with E-state index in [1.807, 2.05) is 24.3 Å². The van der Waals surface area contributed by atoms with Crippen LogP contribution >= 0.6 is 0 Å². The molecule has 0 spiro atoms. The van der Waals surface area contributed by atoms with Crippen molar-refractivity contribution in [3.63, 3.8) is 0 Å². The predicted molar refractivity (Wildman–Crippen MR) is 93.2 cm³/mol. The second-order valence-electron chi connectivity index (χ2n) is 7.08. The van der Waals surface area contributed by atoms with E-state index in [1.54, 1.807) is 11.0 Å². The Hall–Kier alpha value is -2.28. The van der Waals surface area contributed by atoms with E-state index >= 15 is 0 Å². The van der Waals surface area contributed by atoms with E-state index in [1.165, 1.54) is 12.8 Å². The molecule has 132 valence electrons. The van der Waals surface area contributed by atoms with Crippen LogP contribution < -0.4 is 0 Å². The molecular formula is C18H24N6O. The van der Waals surface area contributed by atoms with Crippen LogP contribution in [-0.4, -0.2) is 68.1 Å². The van der Waals surface area contributed by atoms with Crippen molar-refractivity contribution in [1.82, 2.24) is 30.0 Å². The van der Waals surface area contributed by atoms with Crippen LogP contribution in [0.15, 0.2) is 30.6 Å². The van der Waals surface area contributed by atoms with Crippen LogP contribution in [0.3, 0.4) is 0 Å². The SMILES string of the molecule is CN1CCC[C@H]1[C@@H]1CCCN1C(=O)Cc1ccc(-n2cnnn2)cc1. The predicted octanol–water partition coefficient (Wildman–Crippen LogP) is 1.29. The lowest BCUT2D eigenvalue weighted by atomic mass is 10.0. The highest BCUT2D eigenvalue weighted by molar-refractivity contribution is 5.79. The van der Waals surface area contributed by atoms with Crippen LogP contribution in [0.2, 0.25) is 0 Å². The first kappa shape index (κ1) is 16.2. The molecule has 0 unspecified atom stereocenters. The first-order chi connectivity index (χ1) is 12.2. The maximum absolute atomic E-state index is 12.9. The molecule has 25 heavy (non-hydrogen) atoms. The molecule has 3 heterocycles. The van der Waals surface area contributed by atoms with Gasteiger partial charge in [0.2, 0.25) is 5.91 Å². The minimum atomic E-state index is 0.248. The normalized spacial score (nSPS) is 24.1. The van der Waals surface area contributed by atoms with E-state index in [9.17, 15) is 4.79 Å². The molecule has 2 saturated heterocycles. The van der Waals surface area contributed by atoms with Crippen molar-refractivity contribution in [3.8, 4) is 5.69 Å². The standard InChI is InChI=1S/C18H24N6O/c1-22-10-2-4-16(22)17-5-3-11-23(17)18(25)12-14-6-8-15(9-7-14)24-13-19-20-21-24/h6-9,13,16-17H,2-5,10-12H2,1H3/t16-,17-/m0/s1. The Morgan fingerprint density at radius 1 is 1.12 bits per heavy atom. The van der Waals surface area contributed by atoms with Gasteiger partial charge in [0, 0.05) is 18.6 Å². The molecule has 2 fully saturated rings. The minimum absolute atomic E-state index is 0.248. The molecule has 2 aliphatic heterocycles. The van der Waals surface area contributed by atoms with Gasteiger partial charge in [-0.25, -0.2) is 4.68 Å². The van der Waals surface area contributed by atoms with Gasteiger partial charge < -0.3 is 9.80 Å². The molecule has 1 aromatic heterocycles. The van der Waals surface area contributed by atoms with Crippen LogP contribution in [0, 0.1) is 0 Å². The number of likely N-dealkylation sites (N-methyl/N-ethyl adjacent to an activating group) is 1. The third-order valence-corrected chi connectivity index (χ3v) is 5.55. The lowest BCUT2D eigenvalue weighted by Gasteiger charge is -2.33. The summed E-state index contributed by atoms with van der Waals surface area (Å²) >= 11 is 0. The summed E-state index contributed by atoms with van der Waals surface area (Å²) in [6, 6.07) is 8.80. The average molecular weight is 340 g/mol. The number of rotatable bonds is 4. The number of nitrogens with zero attached hydrogens (tertiary/aromatic N) is 6. The van der Waals surface area contributed by atoms with Gasteiger partial charge in [0.1, 0.15) is 6.33 Å². The Bertz CT molecular complexity index is 714. The van der Waals surface area contributed by atoms with E-state index in [-0.39, 0.29) is 5.91 Å². The monoisotopic (exact) mass is 340 g/mol. The van der Waals surface area contributed by atoms with Crippen LogP contribution in [0.1, 0.15) is 31.2 Å². The number of carbonyl (C=O) groups is 1. The smallest absolute Gasteiger partial charge is 0.227 e. The molecule has 0 bridgehead atoms. The van der Waals surface area contributed by atoms with Gasteiger partial charge in [0.25, 0.3) is 0 Å². The molecule has 0 saturated carbocycles. The summed E-state index contributed by atoms with van der Waals surface area (Å²) in [7, 11) is 2.19. The fraction of sp³-hybridized carbons (Fsp3) is 0.556. The van der Waals surface area contributed by atoms with Gasteiger partial charge in [-0.05, 0) is 67.4 Å². The van der Waals surface area contributed by atoms with Crippen LogP contribution in [0.25, 0.3) is 5.69 Å². The Balaban J connectivity index is 1.42. The second kappa shape index (κ2) is 6.92. The van der Waals surface area contributed by atoms with Crippen molar-refractivity contribution in [3.05, 3.63) is 36.2 Å². The van der Waals surface area contributed by atoms with Crippen molar-refractivity contribution in [1.29, 1.82) is 0 Å².